The maximum Gasteiger partial charge on any atom is 0.254 e. The first-order valence-corrected chi connectivity index (χ1v) is 9.07. The number of carbonyl (C=O) groups excluding carboxylic acids is 1. The number of morpholine rings is 1. The monoisotopic (exact) mass is 369 g/mol. The van der Waals surface area contributed by atoms with Crippen LogP contribution in [-0.2, 0) is 4.74 Å². The summed E-state index contributed by atoms with van der Waals surface area (Å²) in [5, 5.41) is 6.90. The summed E-state index contributed by atoms with van der Waals surface area (Å²) in [5.41, 5.74) is 4.88. The molecule has 1 amide bonds. The molecule has 0 unspecified atom stereocenters. The SMILES string of the molecule is Cc1cccc(NC(=S)Nc2ccc(C(=O)N3CCOCC3)cc2)c1C. The lowest BCUT2D eigenvalue weighted by Crippen LogP contribution is -2.40. The van der Waals surface area contributed by atoms with Gasteiger partial charge >= 0.3 is 0 Å². The van der Waals surface area contributed by atoms with Crippen molar-refractivity contribution in [2.45, 2.75) is 13.8 Å². The van der Waals surface area contributed by atoms with Crippen LogP contribution < -0.4 is 10.6 Å². The molecule has 5 nitrogen and oxygen atoms in total. The lowest BCUT2D eigenvalue weighted by Gasteiger charge is -2.26. The van der Waals surface area contributed by atoms with Crippen LogP contribution in [0.2, 0.25) is 0 Å². The number of hydrogen-bond donors (Lipinski definition) is 2. The maximum atomic E-state index is 12.5. The fourth-order valence-electron chi connectivity index (χ4n) is 2.82. The second kappa shape index (κ2) is 8.29. The number of aryl methyl sites for hydroxylation is 1. The first-order valence-electron chi connectivity index (χ1n) is 8.66. The zero-order valence-corrected chi connectivity index (χ0v) is 15.9. The van der Waals surface area contributed by atoms with E-state index in [0.717, 1.165) is 11.4 Å². The Morgan fingerprint density at radius 2 is 1.73 bits per heavy atom. The third-order valence-corrected chi connectivity index (χ3v) is 4.74. The minimum atomic E-state index is 0.0379. The van der Waals surface area contributed by atoms with Gasteiger partial charge in [0, 0.05) is 30.0 Å². The van der Waals surface area contributed by atoms with Crippen molar-refractivity contribution in [1.29, 1.82) is 0 Å². The minimum Gasteiger partial charge on any atom is -0.378 e. The first-order chi connectivity index (χ1) is 12.5. The highest BCUT2D eigenvalue weighted by atomic mass is 32.1. The quantitative estimate of drug-likeness (QED) is 0.810. The second-order valence-corrected chi connectivity index (χ2v) is 6.72. The first kappa shape index (κ1) is 18.4. The van der Waals surface area contributed by atoms with Crippen molar-refractivity contribution in [3.8, 4) is 0 Å². The highest BCUT2D eigenvalue weighted by Crippen LogP contribution is 2.19. The van der Waals surface area contributed by atoms with Crippen LogP contribution in [0.4, 0.5) is 11.4 Å². The number of nitrogens with one attached hydrogen (secondary N) is 2. The van der Waals surface area contributed by atoms with Crippen molar-refractivity contribution in [3.05, 3.63) is 59.2 Å². The van der Waals surface area contributed by atoms with E-state index in [0.29, 0.717) is 37.0 Å². The van der Waals surface area contributed by atoms with Crippen LogP contribution in [0, 0.1) is 13.8 Å². The summed E-state index contributed by atoms with van der Waals surface area (Å²) in [4.78, 5) is 14.3. The molecule has 0 atom stereocenters. The molecule has 0 aromatic heterocycles. The van der Waals surface area contributed by atoms with Crippen LogP contribution in [0.1, 0.15) is 21.5 Å². The maximum absolute atomic E-state index is 12.5. The Morgan fingerprint density at radius 1 is 1.04 bits per heavy atom. The van der Waals surface area contributed by atoms with E-state index in [9.17, 15) is 4.79 Å². The average Bonchev–Trinajstić information content (AvgIpc) is 2.66. The Bertz CT molecular complexity index is 799. The number of anilines is 2. The standard InChI is InChI=1S/C20H23N3O2S/c1-14-4-3-5-18(15(14)2)22-20(26)21-17-8-6-16(7-9-17)19(24)23-10-12-25-13-11-23/h3-9H,10-13H2,1-2H3,(H2,21,22,26). The highest BCUT2D eigenvalue weighted by molar-refractivity contribution is 7.80. The van der Waals surface area contributed by atoms with Gasteiger partial charge in [-0.15, -0.1) is 0 Å². The van der Waals surface area contributed by atoms with Crippen LogP contribution in [0.3, 0.4) is 0 Å². The molecule has 3 rings (SSSR count). The van der Waals surface area contributed by atoms with Gasteiger partial charge in [0.1, 0.15) is 0 Å². The van der Waals surface area contributed by atoms with Crippen LogP contribution in [-0.4, -0.2) is 42.2 Å². The van der Waals surface area contributed by atoms with Gasteiger partial charge in [0.15, 0.2) is 5.11 Å². The van der Waals surface area contributed by atoms with Crippen molar-refractivity contribution >= 4 is 34.6 Å². The number of benzene rings is 2. The van der Waals surface area contributed by atoms with Crippen LogP contribution >= 0.6 is 12.2 Å². The summed E-state index contributed by atoms with van der Waals surface area (Å²) in [6, 6.07) is 13.4. The van der Waals surface area contributed by atoms with E-state index in [1.807, 2.05) is 41.3 Å². The average molecular weight is 369 g/mol. The lowest BCUT2D eigenvalue weighted by atomic mass is 10.1. The molecule has 26 heavy (non-hydrogen) atoms. The third-order valence-electron chi connectivity index (χ3n) is 4.54. The van der Waals surface area contributed by atoms with Gasteiger partial charge in [-0.2, -0.15) is 0 Å². The molecule has 0 saturated carbocycles. The number of hydrogen-bond acceptors (Lipinski definition) is 3. The van der Waals surface area contributed by atoms with E-state index >= 15 is 0 Å². The Hall–Kier alpha value is -2.44. The van der Waals surface area contributed by atoms with Gasteiger partial charge in [0.25, 0.3) is 5.91 Å². The van der Waals surface area contributed by atoms with Crippen molar-refractivity contribution in [1.82, 2.24) is 4.90 Å². The molecule has 0 radical (unpaired) electrons. The fourth-order valence-corrected chi connectivity index (χ4v) is 3.04. The van der Waals surface area contributed by atoms with Crippen LogP contribution in [0.15, 0.2) is 42.5 Å². The molecule has 1 saturated heterocycles. The molecule has 2 N–H and O–H groups in total. The van der Waals surface area contributed by atoms with Crippen molar-refractivity contribution < 1.29 is 9.53 Å². The van der Waals surface area contributed by atoms with Crippen molar-refractivity contribution in [2.75, 3.05) is 36.9 Å². The molecule has 2 aromatic rings. The van der Waals surface area contributed by atoms with Crippen LogP contribution in [0.5, 0.6) is 0 Å². The summed E-state index contributed by atoms with van der Waals surface area (Å²) in [6.45, 7) is 6.62. The van der Waals surface area contributed by atoms with Gasteiger partial charge in [-0.3, -0.25) is 4.79 Å². The van der Waals surface area contributed by atoms with E-state index in [-0.39, 0.29) is 5.91 Å². The van der Waals surface area contributed by atoms with E-state index in [1.54, 1.807) is 0 Å². The molecule has 6 heteroatoms. The van der Waals surface area contributed by atoms with E-state index < -0.39 is 0 Å². The molecule has 2 aromatic carbocycles. The van der Waals surface area contributed by atoms with Crippen molar-refractivity contribution in [2.24, 2.45) is 0 Å². The van der Waals surface area contributed by atoms with Gasteiger partial charge in [0.2, 0.25) is 0 Å². The normalized spacial score (nSPS) is 14.0. The fraction of sp³-hybridized carbons (Fsp3) is 0.300. The summed E-state index contributed by atoms with van der Waals surface area (Å²) in [6.07, 6.45) is 0. The Balaban J connectivity index is 1.61. The molecular weight excluding hydrogens is 346 g/mol. The summed E-state index contributed by atoms with van der Waals surface area (Å²) in [5.74, 6) is 0.0379. The molecule has 0 spiro atoms. The number of amides is 1. The van der Waals surface area contributed by atoms with Gasteiger partial charge < -0.3 is 20.3 Å². The number of carbonyl (C=O) groups is 1. The van der Waals surface area contributed by atoms with Gasteiger partial charge in [-0.05, 0) is 67.5 Å². The number of ether oxygens (including phenoxy) is 1. The van der Waals surface area contributed by atoms with Crippen LogP contribution in [0.25, 0.3) is 0 Å². The number of nitrogens with zero attached hydrogens (tertiary/aromatic N) is 1. The number of thiocarbonyl (C=S) groups is 1. The molecule has 1 heterocycles. The molecule has 0 bridgehead atoms. The van der Waals surface area contributed by atoms with E-state index in [4.69, 9.17) is 17.0 Å². The topological polar surface area (TPSA) is 53.6 Å². The summed E-state index contributed by atoms with van der Waals surface area (Å²) >= 11 is 5.40. The predicted molar refractivity (Wildman–Crippen MR) is 109 cm³/mol. The summed E-state index contributed by atoms with van der Waals surface area (Å²) in [7, 11) is 0. The molecule has 1 fully saturated rings. The molecule has 1 aliphatic heterocycles. The number of rotatable bonds is 3. The molecule has 136 valence electrons. The van der Waals surface area contributed by atoms with Crippen molar-refractivity contribution in [3.63, 3.8) is 0 Å². The van der Waals surface area contributed by atoms with Gasteiger partial charge in [0.05, 0.1) is 13.2 Å². The van der Waals surface area contributed by atoms with Gasteiger partial charge in [-0.25, -0.2) is 0 Å². The smallest absolute Gasteiger partial charge is 0.254 e. The van der Waals surface area contributed by atoms with E-state index in [2.05, 4.69) is 30.5 Å². The zero-order chi connectivity index (χ0) is 18.5. The Labute approximate surface area is 159 Å². The second-order valence-electron chi connectivity index (χ2n) is 6.31. The van der Waals surface area contributed by atoms with Gasteiger partial charge in [-0.1, -0.05) is 12.1 Å². The predicted octanol–water partition coefficient (Wildman–Crippen LogP) is 3.58. The third kappa shape index (κ3) is 4.39. The molecule has 1 aliphatic rings. The Morgan fingerprint density at radius 3 is 2.42 bits per heavy atom. The minimum absolute atomic E-state index is 0.0379. The highest BCUT2D eigenvalue weighted by Gasteiger charge is 2.18. The largest absolute Gasteiger partial charge is 0.378 e. The lowest BCUT2D eigenvalue weighted by molar-refractivity contribution is 0.0303. The molecule has 0 aliphatic carbocycles. The van der Waals surface area contributed by atoms with E-state index in [1.165, 1.54) is 11.1 Å². The molecular formula is C20H23N3O2S. The summed E-state index contributed by atoms with van der Waals surface area (Å²) < 4.78 is 5.29. The Kier molecular flexibility index (Phi) is 5.85. The zero-order valence-electron chi connectivity index (χ0n) is 15.0.